The number of hydrogen-bond acceptors (Lipinski definition) is 4. The van der Waals surface area contributed by atoms with Crippen LogP contribution in [0, 0.1) is 0 Å². The van der Waals surface area contributed by atoms with Crippen LogP contribution in [0.25, 0.3) is 0 Å². The van der Waals surface area contributed by atoms with E-state index in [4.69, 9.17) is 9.47 Å². The first-order valence-corrected chi connectivity index (χ1v) is 4.14. The maximum Gasteiger partial charge on any atom is 0.335 e. The molecule has 4 heteroatoms. The lowest BCUT2D eigenvalue weighted by Gasteiger charge is -2.12. The molecule has 0 saturated carbocycles. The van der Waals surface area contributed by atoms with Crippen LogP contribution in [-0.2, 0) is 19.0 Å². The quantitative estimate of drug-likeness (QED) is 0.484. The lowest BCUT2D eigenvalue weighted by atomic mass is 10.1. The normalized spacial score (nSPS) is 27.2. The Morgan fingerprint density at radius 1 is 1.46 bits per heavy atom. The predicted octanol–water partition coefficient (Wildman–Crippen LogP) is 0.867. The highest BCUT2D eigenvalue weighted by molar-refractivity contribution is 5.88. The first-order chi connectivity index (χ1) is 6.19. The van der Waals surface area contributed by atoms with E-state index in [2.05, 4.69) is 11.3 Å². The van der Waals surface area contributed by atoms with Gasteiger partial charge in [0.15, 0.2) is 6.29 Å². The van der Waals surface area contributed by atoms with Gasteiger partial charge in [-0.25, -0.2) is 4.79 Å². The summed E-state index contributed by atoms with van der Waals surface area (Å²) in [6.45, 7) is 3.62. The number of ether oxygens (including phenoxy) is 3. The monoisotopic (exact) mass is 186 g/mol. The van der Waals surface area contributed by atoms with Gasteiger partial charge in [-0.1, -0.05) is 6.58 Å². The van der Waals surface area contributed by atoms with Crippen LogP contribution in [0.2, 0.25) is 0 Å². The van der Waals surface area contributed by atoms with E-state index in [0.29, 0.717) is 5.57 Å². The summed E-state index contributed by atoms with van der Waals surface area (Å²) >= 11 is 0. The van der Waals surface area contributed by atoms with Crippen LogP contribution >= 0.6 is 0 Å². The molecule has 0 aromatic carbocycles. The van der Waals surface area contributed by atoms with E-state index in [1.165, 1.54) is 7.11 Å². The number of esters is 1. The van der Waals surface area contributed by atoms with Crippen molar-refractivity contribution < 1.29 is 19.0 Å². The van der Waals surface area contributed by atoms with Gasteiger partial charge in [0.1, 0.15) is 0 Å². The van der Waals surface area contributed by atoms with Gasteiger partial charge in [-0.3, -0.25) is 0 Å². The van der Waals surface area contributed by atoms with E-state index in [1.807, 2.05) is 0 Å². The molecule has 0 radical (unpaired) electrons. The van der Waals surface area contributed by atoms with Crippen LogP contribution in [0.1, 0.15) is 12.8 Å². The largest absolute Gasteiger partial charge is 0.466 e. The van der Waals surface area contributed by atoms with Crippen LogP contribution < -0.4 is 0 Å². The number of hydrogen-bond donors (Lipinski definition) is 0. The highest BCUT2D eigenvalue weighted by atomic mass is 16.7. The van der Waals surface area contributed by atoms with Crippen LogP contribution in [0.3, 0.4) is 0 Å². The van der Waals surface area contributed by atoms with E-state index < -0.39 is 5.97 Å². The van der Waals surface area contributed by atoms with Crippen LogP contribution in [0.15, 0.2) is 12.2 Å². The van der Waals surface area contributed by atoms with Crippen molar-refractivity contribution in [3.63, 3.8) is 0 Å². The average molecular weight is 186 g/mol. The Bertz CT molecular complexity index is 212. The zero-order valence-corrected chi connectivity index (χ0v) is 7.91. The summed E-state index contributed by atoms with van der Waals surface area (Å²) in [7, 11) is 2.91. The first-order valence-electron chi connectivity index (χ1n) is 4.14. The maximum atomic E-state index is 11.1. The van der Waals surface area contributed by atoms with Gasteiger partial charge in [-0.2, -0.15) is 0 Å². The zero-order valence-electron chi connectivity index (χ0n) is 7.91. The van der Waals surface area contributed by atoms with Gasteiger partial charge in [0.2, 0.25) is 0 Å². The molecule has 1 aliphatic rings. The molecule has 1 rings (SSSR count). The molecule has 2 atom stereocenters. The second kappa shape index (κ2) is 4.39. The Kier molecular flexibility index (Phi) is 3.45. The summed E-state index contributed by atoms with van der Waals surface area (Å²) in [6.07, 6.45) is 1.08. The SMILES string of the molecule is C=C(C(=O)OC)C1CCC(OC)O1. The van der Waals surface area contributed by atoms with Gasteiger partial charge in [0.25, 0.3) is 0 Å². The Morgan fingerprint density at radius 3 is 2.62 bits per heavy atom. The van der Waals surface area contributed by atoms with Crippen molar-refractivity contribution in [1.82, 2.24) is 0 Å². The molecule has 2 unspecified atom stereocenters. The van der Waals surface area contributed by atoms with Crippen molar-refractivity contribution in [1.29, 1.82) is 0 Å². The summed E-state index contributed by atoms with van der Waals surface area (Å²) in [4.78, 5) is 11.1. The second-order valence-corrected chi connectivity index (χ2v) is 2.88. The van der Waals surface area contributed by atoms with Crippen molar-refractivity contribution in [2.24, 2.45) is 0 Å². The summed E-state index contributed by atoms with van der Waals surface area (Å²) in [5.41, 5.74) is 0.363. The lowest BCUT2D eigenvalue weighted by molar-refractivity contribution is -0.140. The molecule has 0 amide bonds. The summed E-state index contributed by atoms with van der Waals surface area (Å²) < 4.78 is 14.9. The molecule has 1 heterocycles. The maximum absolute atomic E-state index is 11.1. The molecule has 4 nitrogen and oxygen atoms in total. The minimum Gasteiger partial charge on any atom is -0.466 e. The third kappa shape index (κ3) is 2.29. The van der Waals surface area contributed by atoms with Gasteiger partial charge in [-0.05, 0) is 6.42 Å². The van der Waals surface area contributed by atoms with Gasteiger partial charge in [-0.15, -0.1) is 0 Å². The highest BCUT2D eigenvalue weighted by Gasteiger charge is 2.30. The van der Waals surface area contributed by atoms with Crippen molar-refractivity contribution >= 4 is 5.97 Å². The lowest BCUT2D eigenvalue weighted by Crippen LogP contribution is -2.19. The molecule has 1 aliphatic heterocycles. The summed E-state index contributed by atoms with van der Waals surface area (Å²) in [6, 6.07) is 0. The fraction of sp³-hybridized carbons (Fsp3) is 0.667. The predicted molar refractivity (Wildman–Crippen MR) is 46.1 cm³/mol. The molecule has 1 saturated heterocycles. The molecular weight excluding hydrogens is 172 g/mol. The first kappa shape index (κ1) is 10.2. The van der Waals surface area contributed by atoms with Crippen LogP contribution in [0.4, 0.5) is 0 Å². The molecule has 13 heavy (non-hydrogen) atoms. The van der Waals surface area contributed by atoms with Crippen LogP contribution in [0.5, 0.6) is 0 Å². The van der Waals surface area contributed by atoms with Crippen LogP contribution in [-0.4, -0.2) is 32.6 Å². The van der Waals surface area contributed by atoms with Crippen molar-refractivity contribution in [3.05, 3.63) is 12.2 Å². The van der Waals surface area contributed by atoms with E-state index in [0.717, 1.165) is 12.8 Å². The Labute approximate surface area is 77.5 Å². The Morgan fingerprint density at radius 2 is 2.15 bits per heavy atom. The molecule has 0 spiro atoms. The molecular formula is C9H14O4. The average Bonchev–Trinajstić information content (AvgIpc) is 2.63. The van der Waals surface area contributed by atoms with Crippen molar-refractivity contribution in [3.8, 4) is 0 Å². The minimum absolute atomic E-state index is 0.216. The molecule has 0 bridgehead atoms. The minimum atomic E-state index is -0.415. The van der Waals surface area contributed by atoms with E-state index in [9.17, 15) is 4.79 Å². The molecule has 74 valence electrons. The smallest absolute Gasteiger partial charge is 0.335 e. The number of carbonyl (C=O) groups excluding carboxylic acids is 1. The number of methoxy groups -OCH3 is 2. The highest BCUT2D eigenvalue weighted by Crippen LogP contribution is 2.25. The van der Waals surface area contributed by atoms with Gasteiger partial charge >= 0.3 is 5.97 Å². The van der Waals surface area contributed by atoms with Crippen molar-refractivity contribution in [2.45, 2.75) is 25.2 Å². The number of carbonyl (C=O) groups is 1. The molecule has 0 aromatic heterocycles. The molecule has 0 N–H and O–H groups in total. The van der Waals surface area contributed by atoms with Gasteiger partial charge in [0, 0.05) is 13.5 Å². The standard InChI is InChI=1S/C9H14O4/c1-6(9(10)12-3)7-4-5-8(11-2)13-7/h7-8H,1,4-5H2,2-3H3. The van der Waals surface area contributed by atoms with E-state index in [1.54, 1.807) is 7.11 Å². The molecule has 0 aliphatic carbocycles. The molecule has 1 fully saturated rings. The van der Waals surface area contributed by atoms with Gasteiger partial charge < -0.3 is 14.2 Å². The topological polar surface area (TPSA) is 44.8 Å². The van der Waals surface area contributed by atoms with E-state index >= 15 is 0 Å². The zero-order chi connectivity index (χ0) is 9.84. The van der Waals surface area contributed by atoms with Crippen molar-refractivity contribution in [2.75, 3.05) is 14.2 Å². The third-order valence-electron chi connectivity index (χ3n) is 2.08. The Hall–Kier alpha value is -0.870. The fourth-order valence-corrected chi connectivity index (χ4v) is 1.30. The van der Waals surface area contributed by atoms with Gasteiger partial charge in [0.05, 0.1) is 18.8 Å². The summed E-state index contributed by atoms with van der Waals surface area (Å²) in [5.74, 6) is -0.415. The van der Waals surface area contributed by atoms with E-state index in [-0.39, 0.29) is 12.4 Å². The Balaban J connectivity index is 2.46. The number of rotatable bonds is 3. The molecule has 0 aromatic rings. The summed E-state index contributed by atoms with van der Waals surface area (Å²) in [5, 5.41) is 0. The second-order valence-electron chi connectivity index (χ2n) is 2.88. The third-order valence-corrected chi connectivity index (χ3v) is 2.08. The fourth-order valence-electron chi connectivity index (χ4n) is 1.30.